The van der Waals surface area contributed by atoms with Crippen LogP contribution in [0.5, 0.6) is 0 Å². The number of hydrogen-bond donors (Lipinski definition) is 2. The van der Waals surface area contributed by atoms with Crippen molar-refractivity contribution in [2.45, 2.75) is 45.6 Å². The molecule has 0 fully saturated rings. The Morgan fingerprint density at radius 1 is 0.967 bits per heavy atom. The van der Waals surface area contributed by atoms with Gasteiger partial charge in [0.05, 0.1) is 11.3 Å². The largest absolute Gasteiger partial charge is 0.326 e. The molecule has 156 valence electrons. The SMILES string of the molecule is CCC(=O)Nc1ccc(NC(=O)CSc2nc3cc(C)ccc3cc2CC)cc1C. The lowest BCUT2D eigenvalue weighted by Gasteiger charge is -2.12. The number of rotatable bonds is 7. The average Bonchev–Trinajstić information content (AvgIpc) is 2.73. The number of hydrogen-bond acceptors (Lipinski definition) is 4. The minimum atomic E-state index is -0.0852. The third kappa shape index (κ3) is 5.39. The maximum Gasteiger partial charge on any atom is 0.234 e. The Kier molecular flexibility index (Phi) is 7.11. The van der Waals surface area contributed by atoms with Crippen molar-refractivity contribution in [1.29, 1.82) is 0 Å². The Hall–Kier alpha value is -2.86. The van der Waals surface area contributed by atoms with Crippen LogP contribution < -0.4 is 10.6 Å². The molecule has 30 heavy (non-hydrogen) atoms. The van der Waals surface area contributed by atoms with E-state index in [0.29, 0.717) is 12.1 Å². The molecule has 2 aromatic carbocycles. The normalized spacial score (nSPS) is 10.8. The molecule has 0 aliphatic heterocycles. The number of aryl methyl sites for hydroxylation is 3. The summed E-state index contributed by atoms with van der Waals surface area (Å²) in [6.45, 7) is 7.87. The molecule has 1 aromatic heterocycles. The van der Waals surface area contributed by atoms with E-state index >= 15 is 0 Å². The molecule has 0 saturated carbocycles. The van der Waals surface area contributed by atoms with Crippen LogP contribution in [0, 0.1) is 13.8 Å². The number of nitrogens with zero attached hydrogens (tertiary/aromatic N) is 1. The van der Waals surface area contributed by atoms with Gasteiger partial charge in [-0.25, -0.2) is 4.98 Å². The van der Waals surface area contributed by atoms with Crippen LogP contribution in [-0.2, 0) is 16.0 Å². The number of amides is 2. The highest BCUT2D eigenvalue weighted by atomic mass is 32.2. The Balaban J connectivity index is 1.67. The van der Waals surface area contributed by atoms with Crippen LogP contribution in [-0.4, -0.2) is 22.6 Å². The van der Waals surface area contributed by atoms with E-state index in [2.05, 4.69) is 48.7 Å². The first-order valence-corrected chi connectivity index (χ1v) is 11.1. The molecule has 2 amide bonds. The van der Waals surface area contributed by atoms with Gasteiger partial charge in [0.2, 0.25) is 11.8 Å². The van der Waals surface area contributed by atoms with Gasteiger partial charge in [-0.1, -0.05) is 37.7 Å². The summed E-state index contributed by atoms with van der Waals surface area (Å²) >= 11 is 1.46. The van der Waals surface area contributed by atoms with Crippen molar-refractivity contribution in [2.75, 3.05) is 16.4 Å². The van der Waals surface area contributed by atoms with Crippen LogP contribution in [0.2, 0.25) is 0 Å². The van der Waals surface area contributed by atoms with E-state index in [1.54, 1.807) is 6.07 Å². The number of pyridine rings is 1. The summed E-state index contributed by atoms with van der Waals surface area (Å²) in [6, 6.07) is 13.9. The highest BCUT2D eigenvalue weighted by Gasteiger charge is 2.11. The molecule has 0 unspecified atom stereocenters. The highest BCUT2D eigenvalue weighted by Crippen LogP contribution is 2.26. The topological polar surface area (TPSA) is 71.1 Å². The minimum absolute atomic E-state index is 0.0314. The number of thioether (sulfide) groups is 1. The van der Waals surface area contributed by atoms with E-state index in [1.807, 2.05) is 26.0 Å². The number of carbonyl (C=O) groups is 2. The third-order valence-electron chi connectivity index (χ3n) is 4.84. The van der Waals surface area contributed by atoms with Crippen molar-refractivity contribution in [3.63, 3.8) is 0 Å². The lowest BCUT2D eigenvalue weighted by Crippen LogP contribution is -2.15. The van der Waals surface area contributed by atoms with Gasteiger partial charge in [-0.2, -0.15) is 0 Å². The Labute approximate surface area is 181 Å². The summed E-state index contributed by atoms with van der Waals surface area (Å²) in [4.78, 5) is 28.9. The van der Waals surface area contributed by atoms with Crippen LogP contribution in [0.25, 0.3) is 10.9 Å². The maximum atomic E-state index is 12.5. The molecular weight excluding hydrogens is 394 g/mol. The molecule has 0 bridgehead atoms. The van der Waals surface area contributed by atoms with Gasteiger partial charge in [0.15, 0.2) is 0 Å². The summed E-state index contributed by atoms with van der Waals surface area (Å²) in [6.07, 6.45) is 1.29. The van der Waals surface area contributed by atoms with Crippen molar-refractivity contribution < 1.29 is 9.59 Å². The zero-order chi connectivity index (χ0) is 21.7. The van der Waals surface area contributed by atoms with Gasteiger partial charge >= 0.3 is 0 Å². The van der Waals surface area contributed by atoms with Crippen LogP contribution in [0.1, 0.15) is 37.0 Å². The van der Waals surface area contributed by atoms with Crippen LogP contribution >= 0.6 is 11.8 Å². The molecule has 0 spiro atoms. The molecule has 0 radical (unpaired) electrons. The lowest BCUT2D eigenvalue weighted by atomic mass is 10.1. The second-order valence-electron chi connectivity index (χ2n) is 7.27. The first-order chi connectivity index (χ1) is 14.4. The smallest absolute Gasteiger partial charge is 0.234 e. The van der Waals surface area contributed by atoms with Gasteiger partial charge in [0.25, 0.3) is 0 Å². The number of carbonyl (C=O) groups excluding carboxylic acids is 2. The summed E-state index contributed by atoms with van der Waals surface area (Å²) in [5.74, 6) is 0.166. The zero-order valence-corrected chi connectivity index (χ0v) is 18.7. The monoisotopic (exact) mass is 421 g/mol. The van der Waals surface area contributed by atoms with E-state index in [-0.39, 0.29) is 17.6 Å². The molecule has 6 heteroatoms. The van der Waals surface area contributed by atoms with E-state index in [0.717, 1.165) is 39.2 Å². The van der Waals surface area contributed by atoms with E-state index in [4.69, 9.17) is 4.98 Å². The molecule has 3 aromatic rings. The average molecular weight is 422 g/mol. The summed E-state index contributed by atoms with van der Waals surface area (Å²) < 4.78 is 0. The number of fused-ring (bicyclic) bond motifs is 1. The first-order valence-electron chi connectivity index (χ1n) is 10.1. The van der Waals surface area contributed by atoms with Crippen LogP contribution in [0.15, 0.2) is 47.5 Å². The molecular formula is C24H27N3O2S. The van der Waals surface area contributed by atoms with E-state index in [1.165, 1.54) is 17.3 Å². The van der Waals surface area contributed by atoms with E-state index in [9.17, 15) is 9.59 Å². The molecule has 1 heterocycles. The van der Waals surface area contributed by atoms with E-state index < -0.39 is 0 Å². The summed E-state index contributed by atoms with van der Waals surface area (Å²) in [7, 11) is 0. The fraction of sp³-hybridized carbons (Fsp3) is 0.292. The molecule has 0 saturated heterocycles. The zero-order valence-electron chi connectivity index (χ0n) is 17.8. The molecule has 2 N–H and O–H groups in total. The van der Waals surface area contributed by atoms with Crippen molar-refractivity contribution >= 4 is 45.9 Å². The first kappa shape index (κ1) is 21.8. The molecule has 5 nitrogen and oxygen atoms in total. The van der Waals surface area contributed by atoms with Crippen molar-refractivity contribution in [1.82, 2.24) is 4.98 Å². The van der Waals surface area contributed by atoms with Crippen molar-refractivity contribution in [3.8, 4) is 0 Å². The van der Waals surface area contributed by atoms with Crippen LogP contribution in [0.3, 0.4) is 0 Å². The number of benzene rings is 2. The summed E-state index contributed by atoms with van der Waals surface area (Å²) in [5, 5.41) is 7.81. The third-order valence-corrected chi connectivity index (χ3v) is 5.87. The van der Waals surface area contributed by atoms with Gasteiger partial charge in [-0.05, 0) is 67.3 Å². The predicted octanol–water partition coefficient (Wildman–Crippen LogP) is 5.49. The Bertz CT molecular complexity index is 1100. The predicted molar refractivity (Wildman–Crippen MR) is 125 cm³/mol. The summed E-state index contributed by atoms with van der Waals surface area (Å²) in [5.41, 5.74) is 5.65. The quantitative estimate of drug-likeness (QED) is 0.495. The second-order valence-corrected chi connectivity index (χ2v) is 8.23. The lowest BCUT2D eigenvalue weighted by molar-refractivity contribution is -0.116. The van der Waals surface area contributed by atoms with Gasteiger partial charge in [-0.3, -0.25) is 9.59 Å². The van der Waals surface area contributed by atoms with Crippen molar-refractivity contribution in [3.05, 3.63) is 59.2 Å². The fourth-order valence-electron chi connectivity index (χ4n) is 3.13. The maximum absolute atomic E-state index is 12.5. The standard InChI is InChI=1S/C24H27N3O2S/c1-5-17-13-18-8-7-15(3)11-21(18)27-24(17)30-14-23(29)25-19-9-10-20(16(4)12-19)26-22(28)6-2/h7-13H,5-6,14H2,1-4H3,(H,25,29)(H,26,28). The Morgan fingerprint density at radius 3 is 2.47 bits per heavy atom. The number of aromatic nitrogens is 1. The number of anilines is 2. The molecule has 0 aliphatic rings. The van der Waals surface area contributed by atoms with Crippen LogP contribution in [0.4, 0.5) is 11.4 Å². The Morgan fingerprint density at radius 2 is 1.77 bits per heavy atom. The fourth-order valence-corrected chi connectivity index (χ4v) is 4.02. The van der Waals surface area contributed by atoms with Gasteiger partial charge in [0.1, 0.15) is 5.03 Å². The van der Waals surface area contributed by atoms with Gasteiger partial charge in [0, 0.05) is 23.2 Å². The van der Waals surface area contributed by atoms with Gasteiger partial charge < -0.3 is 10.6 Å². The second kappa shape index (κ2) is 9.76. The highest BCUT2D eigenvalue weighted by molar-refractivity contribution is 8.00. The van der Waals surface area contributed by atoms with Gasteiger partial charge in [-0.15, -0.1) is 0 Å². The molecule has 3 rings (SSSR count). The molecule has 0 atom stereocenters. The number of nitrogens with one attached hydrogen (secondary N) is 2. The molecule has 0 aliphatic carbocycles. The minimum Gasteiger partial charge on any atom is -0.326 e. The van der Waals surface area contributed by atoms with Crippen molar-refractivity contribution in [2.24, 2.45) is 0 Å².